The van der Waals surface area contributed by atoms with Gasteiger partial charge in [0, 0.05) is 6.20 Å². The first-order chi connectivity index (χ1) is 12.3. The number of aromatic nitrogens is 1. The number of aryl methyl sites for hydroxylation is 1. The molecule has 0 aliphatic rings. The van der Waals surface area contributed by atoms with E-state index >= 15 is 0 Å². The predicted molar refractivity (Wildman–Crippen MR) is 102 cm³/mol. The third-order valence-corrected chi connectivity index (χ3v) is 4.35. The van der Waals surface area contributed by atoms with Gasteiger partial charge in [0.2, 0.25) is 0 Å². The van der Waals surface area contributed by atoms with Gasteiger partial charge >= 0.3 is 0 Å². The molecule has 0 saturated heterocycles. The van der Waals surface area contributed by atoms with Crippen LogP contribution in [0.3, 0.4) is 0 Å². The summed E-state index contributed by atoms with van der Waals surface area (Å²) < 4.78 is 34.6. The van der Waals surface area contributed by atoms with E-state index in [9.17, 15) is 13.5 Å². The molecule has 0 saturated carbocycles. The predicted octanol–water partition coefficient (Wildman–Crippen LogP) is 3.51. The molecule has 1 atom stereocenters. The van der Waals surface area contributed by atoms with Crippen LogP contribution in [0.1, 0.15) is 30.9 Å². The fourth-order valence-corrected chi connectivity index (χ4v) is 2.36. The average molecular weight is 379 g/mol. The summed E-state index contributed by atoms with van der Waals surface area (Å²) in [6.07, 6.45) is 8.52. The number of aliphatic hydroxyl groups excluding tert-OH is 1. The molecule has 1 aromatic heterocycles. The van der Waals surface area contributed by atoms with Gasteiger partial charge in [-0.2, -0.15) is 8.42 Å². The van der Waals surface area contributed by atoms with E-state index in [1.165, 1.54) is 12.1 Å². The number of rotatable bonds is 6. The zero-order chi connectivity index (χ0) is 19.6. The number of nitrogens with zero attached hydrogens (tertiary/aromatic N) is 1. The zero-order valence-electron chi connectivity index (χ0n) is 15.2. The molecule has 7 heteroatoms. The molecular formula is C19H25NO5S. The van der Waals surface area contributed by atoms with E-state index in [2.05, 4.69) is 4.98 Å². The van der Waals surface area contributed by atoms with Gasteiger partial charge in [0.15, 0.2) is 0 Å². The highest BCUT2D eigenvalue weighted by atomic mass is 32.2. The summed E-state index contributed by atoms with van der Waals surface area (Å²) in [5.74, 6) is 0.744. The second-order valence-electron chi connectivity index (χ2n) is 5.65. The highest BCUT2D eigenvalue weighted by molar-refractivity contribution is 7.85. The monoisotopic (exact) mass is 379 g/mol. The third kappa shape index (κ3) is 8.24. The first-order valence-corrected chi connectivity index (χ1v) is 9.58. The van der Waals surface area contributed by atoms with Crippen LogP contribution in [0, 0.1) is 6.92 Å². The number of hydrogen-bond donors (Lipinski definition) is 2. The van der Waals surface area contributed by atoms with Gasteiger partial charge in [0.25, 0.3) is 10.1 Å². The van der Waals surface area contributed by atoms with Gasteiger partial charge in [-0.1, -0.05) is 36.8 Å². The molecule has 2 aromatic rings. The second kappa shape index (κ2) is 10.7. The highest BCUT2D eigenvalue weighted by Gasteiger charge is 2.06. The number of ether oxygens (including phenoxy) is 1. The van der Waals surface area contributed by atoms with Gasteiger partial charge in [0.05, 0.1) is 24.3 Å². The SMILES string of the molecule is CCC(O)CC=Cc1cncc(OC)c1.Cc1ccc(S(=O)(=O)O)cc1. The van der Waals surface area contributed by atoms with E-state index in [1.807, 2.05) is 32.1 Å². The van der Waals surface area contributed by atoms with E-state index in [0.717, 1.165) is 23.3 Å². The lowest BCUT2D eigenvalue weighted by molar-refractivity contribution is 0.174. The quantitative estimate of drug-likeness (QED) is 0.746. The number of methoxy groups -OCH3 is 1. The molecule has 1 aromatic carbocycles. The van der Waals surface area contributed by atoms with E-state index in [0.29, 0.717) is 6.42 Å². The van der Waals surface area contributed by atoms with Crippen molar-refractivity contribution in [3.8, 4) is 5.75 Å². The summed E-state index contributed by atoms with van der Waals surface area (Å²) in [6.45, 7) is 3.80. The van der Waals surface area contributed by atoms with Crippen molar-refractivity contribution in [2.24, 2.45) is 0 Å². The maximum atomic E-state index is 10.5. The van der Waals surface area contributed by atoms with Gasteiger partial charge in [0.1, 0.15) is 5.75 Å². The van der Waals surface area contributed by atoms with E-state index in [1.54, 1.807) is 31.6 Å². The molecule has 0 amide bonds. The maximum absolute atomic E-state index is 10.5. The molecule has 0 spiro atoms. The third-order valence-electron chi connectivity index (χ3n) is 3.48. The molecule has 0 bridgehead atoms. The van der Waals surface area contributed by atoms with Gasteiger partial charge in [-0.05, 0) is 43.5 Å². The van der Waals surface area contributed by atoms with E-state index < -0.39 is 10.1 Å². The molecule has 0 fully saturated rings. The Hall–Kier alpha value is -2.22. The van der Waals surface area contributed by atoms with Gasteiger partial charge in [-0.15, -0.1) is 0 Å². The van der Waals surface area contributed by atoms with E-state index in [-0.39, 0.29) is 11.0 Å². The molecule has 0 aliphatic carbocycles. The van der Waals surface area contributed by atoms with Crippen LogP contribution in [0.25, 0.3) is 6.08 Å². The van der Waals surface area contributed by atoms with Crippen molar-refractivity contribution in [2.75, 3.05) is 7.11 Å². The summed E-state index contributed by atoms with van der Waals surface area (Å²) in [6, 6.07) is 7.89. The van der Waals surface area contributed by atoms with Crippen molar-refractivity contribution >= 4 is 16.2 Å². The number of hydrogen-bond acceptors (Lipinski definition) is 5. The minimum atomic E-state index is -4.02. The van der Waals surface area contributed by atoms with Crippen molar-refractivity contribution < 1.29 is 22.8 Å². The zero-order valence-corrected chi connectivity index (χ0v) is 16.0. The summed E-state index contributed by atoms with van der Waals surface area (Å²) in [7, 11) is -2.40. The molecule has 6 nitrogen and oxygen atoms in total. The van der Waals surface area contributed by atoms with Crippen LogP contribution in [0.2, 0.25) is 0 Å². The Labute approximate surface area is 154 Å². The van der Waals surface area contributed by atoms with Crippen LogP contribution < -0.4 is 4.74 Å². The molecular weight excluding hydrogens is 354 g/mol. The maximum Gasteiger partial charge on any atom is 0.294 e. The van der Waals surface area contributed by atoms with Crippen molar-refractivity contribution in [1.82, 2.24) is 4.98 Å². The first kappa shape index (κ1) is 21.8. The highest BCUT2D eigenvalue weighted by Crippen LogP contribution is 2.12. The fraction of sp³-hybridized carbons (Fsp3) is 0.316. The number of aliphatic hydroxyl groups is 1. The van der Waals surface area contributed by atoms with Gasteiger partial charge < -0.3 is 9.84 Å². The number of pyridine rings is 1. The fourth-order valence-electron chi connectivity index (χ4n) is 1.88. The van der Waals surface area contributed by atoms with Crippen LogP contribution in [0.4, 0.5) is 0 Å². The second-order valence-corrected chi connectivity index (χ2v) is 7.07. The lowest BCUT2D eigenvalue weighted by Crippen LogP contribution is -2.00. The molecule has 142 valence electrons. The normalized spacial score (nSPS) is 12.3. The van der Waals surface area contributed by atoms with Crippen LogP contribution in [-0.2, 0) is 10.1 Å². The standard InChI is InChI=1S/C12H17NO2.C7H8O3S/c1-3-11(14)6-4-5-10-7-12(15-2)9-13-8-10;1-6-2-4-7(5-3-6)11(8,9)10/h4-5,7-9,11,14H,3,6H2,1-2H3;2-5H,1H3,(H,8,9,10). The number of benzene rings is 1. The molecule has 1 heterocycles. The molecule has 2 N–H and O–H groups in total. The molecule has 0 aliphatic heterocycles. The van der Waals surface area contributed by atoms with Crippen LogP contribution in [-0.4, -0.2) is 36.3 Å². The van der Waals surface area contributed by atoms with Gasteiger partial charge in [-0.25, -0.2) is 0 Å². The van der Waals surface area contributed by atoms with Crippen LogP contribution in [0.15, 0.2) is 53.7 Å². The molecule has 1 unspecified atom stereocenters. The lowest BCUT2D eigenvalue weighted by Gasteiger charge is -2.02. The average Bonchev–Trinajstić information content (AvgIpc) is 2.62. The van der Waals surface area contributed by atoms with Crippen molar-refractivity contribution in [3.05, 3.63) is 59.9 Å². The lowest BCUT2D eigenvalue weighted by atomic mass is 10.1. The van der Waals surface area contributed by atoms with Crippen LogP contribution >= 0.6 is 0 Å². The summed E-state index contributed by atoms with van der Waals surface area (Å²) >= 11 is 0. The Morgan fingerprint density at radius 1 is 1.23 bits per heavy atom. The summed E-state index contributed by atoms with van der Waals surface area (Å²) in [4.78, 5) is 3.97. The summed E-state index contributed by atoms with van der Waals surface area (Å²) in [5, 5.41) is 9.35. The van der Waals surface area contributed by atoms with E-state index in [4.69, 9.17) is 9.29 Å². The topological polar surface area (TPSA) is 96.7 Å². The Balaban J connectivity index is 0.000000273. The van der Waals surface area contributed by atoms with Crippen molar-refractivity contribution in [3.63, 3.8) is 0 Å². The van der Waals surface area contributed by atoms with Crippen molar-refractivity contribution in [1.29, 1.82) is 0 Å². The van der Waals surface area contributed by atoms with Crippen LogP contribution in [0.5, 0.6) is 5.75 Å². The first-order valence-electron chi connectivity index (χ1n) is 8.14. The Morgan fingerprint density at radius 3 is 2.42 bits per heavy atom. The minimum Gasteiger partial charge on any atom is -0.495 e. The van der Waals surface area contributed by atoms with Gasteiger partial charge in [-0.3, -0.25) is 9.54 Å². The molecule has 0 radical (unpaired) electrons. The Kier molecular flexibility index (Phi) is 8.98. The van der Waals surface area contributed by atoms with Crippen molar-refractivity contribution in [2.45, 2.75) is 37.7 Å². The Bertz CT molecular complexity index is 801. The smallest absolute Gasteiger partial charge is 0.294 e. The molecule has 26 heavy (non-hydrogen) atoms. The summed E-state index contributed by atoms with van der Waals surface area (Å²) in [5.41, 5.74) is 1.94. The Morgan fingerprint density at radius 2 is 1.88 bits per heavy atom. The largest absolute Gasteiger partial charge is 0.495 e. The minimum absolute atomic E-state index is 0.0666. The molecule has 2 rings (SSSR count).